The van der Waals surface area contributed by atoms with Gasteiger partial charge >= 0.3 is 5.97 Å². The van der Waals surface area contributed by atoms with Gasteiger partial charge in [0.15, 0.2) is 0 Å². The molecule has 1 aliphatic rings. The monoisotopic (exact) mass is 142 g/mol. The average molecular weight is 142 g/mol. The van der Waals surface area contributed by atoms with Gasteiger partial charge in [-0.1, -0.05) is 6.58 Å². The van der Waals surface area contributed by atoms with Crippen molar-refractivity contribution in [3.8, 4) is 0 Å². The number of hydrogen-bond acceptors (Lipinski definition) is 3. The highest BCUT2D eigenvalue weighted by molar-refractivity contribution is 5.66. The molecule has 1 atom stereocenters. The van der Waals surface area contributed by atoms with E-state index in [2.05, 4.69) is 6.58 Å². The third-order valence-electron chi connectivity index (χ3n) is 1.25. The van der Waals surface area contributed by atoms with Gasteiger partial charge in [0, 0.05) is 19.8 Å². The van der Waals surface area contributed by atoms with Crippen LogP contribution in [-0.2, 0) is 14.3 Å². The van der Waals surface area contributed by atoms with Crippen molar-refractivity contribution in [2.45, 2.75) is 26.1 Å². The predicted octanol–water partition coefficient (Wildman–Crippen LogP) is 1.20. The van der Waals surface area contributed by atoms with Crippen molar-refractivity contribution in [2.24, 2.45) is 0 Å². The molecule has 0 aromatic heterocycles. The minimum Gasteiger partial charge on any atom is -0.460 e. The Kier molecular flexibility index (Phi) is 1.94. The lowest BCUT2D eigenvalue weighted by Crippen LogP contribution is -2.13. The van der Waals surface area contributed by atoms with Gasteiger partial charge in [0.05, 0.1) is 5.76 Å². The fourth-order valence-corrected chi connectivity index (χ4v) is 0.851. The molecule has 0 amide bonds. The lowest BCUT2D eigenvalue weighted by molar-refractivity contribution is -0.163. The number of rotatable bonds is 1. The standard InChI is InChI=1S/C7H10O3/c1-5-3-4-7(9-5)10-6(2)8/h7H,1,3-4H2,2H3. The predicted molar refractivity (Wildman–Crippen MR) is 35.0 cm³/mol. The molecule has 56 valence electrons. The second-order valence-electron chi connectivity index (χ2n) is 2.23. The van der Waals surface area contributed by atoms with Crippen LogP contribution in [-0.4, -0.2) is 12.3 Å². The second kappa shape index (κ2) is 2.73. The van der Waals surface area contributed by atoms with E-state index in [-0.39, 0.29) is 12.3 Å². The Bertz CT molecular complexity index is 162. The number of carbonyl (C=O) groups is 1. The molecule has 1 aliphatic heterocycles. The third kappa shape index (κ3) is 1.76. The SMILES string of the molecule is C=C1CCC(OC(C)=O)O1. The van der Waals surface area contributed by atoms with E-state index in [4.69, 9.17) is 9.47 Å². The Balaban J connectivity index is 2.31. The van der Waals surface area contributed by atoms with Crippen molar-refractivity contribution in [3.63, 3.8) is 0 Å². The van der Waals surface area contributed by atoms with E-state index in [1.165, 1.54) is 6.92 Å². The topological polar surface area (TPSA) is 35.5 Å². The summed E-state index contributed by atoms with van der Waals surface area (Å²) < 4.78 is 9.79. The van der Waals surface area contributed by atoms with Crippen LogP contribution in [0.5, 0.6) is 0 Å². The first kappa shape index (κ1) is 7.12. The summed E-state index contributed by atoms with van der Waals surface area (Å²) >= 11 is 0. The van der Waals surface area contributed by atoms with Gasteiger partial charge < -0.3 is 9.47 Å². The first-order chi connectivity index (χ1) is 4.68. The van der Waals surface area contributed by atoms with Crippen molar-refractivity contribution < 1.29 is 14.3 Å². The van der Waals surface area contributed by atoms with Crippen molar-refractivity contribution in [3.05, 3.63) is 12.3 Å². The van der Waals surface area contributed by atoms with Crippen molar-refractivity contribution in [2.75, 3.05) is 0 Å². The zero-order valence-corrected chi connectivity index (χ0v) is 5.92. The number of allylic oxidation sites excluding steroid dienone is 1. The first-order valence-corrected chi connectivity index (χ1v) is 3.20. The number of carbonyl (C=O) groups excluding carboxylic acids is 1. The second-order valence-corrected chi connectivity index (χ2v) is 2.23. The molecule has 0 aromatic rings. The van der Waals surface area contributed by atoms with E-state index in [9.17, 15) is 4.79 Å². The maximum atomic E-state index is 10.4. The minimum atomic E-state index is -0.384. The van der Waals surface area contributed by atoms with Crippen LogP contribution in [0.1, 0.15) is 19.8 Å². The van der Waals surface area contributed by atoms with Gasteiger partial charge in [0.25, 0.3) is 0 Å². The lowest BCUT2D eigenvalue weighted by Gasteiger charge is -2.08. The smallest absolute Gasteiger partial charge is 0.305 e. The molecule has 1 rings (SSSR count). The largest absolute Gasteiger partial charge is 0.460 e. The van der Waals surface area contributed by atoms with E-state index in [0.29, 0.717) is 5.76 Å². The Morgan fingerprint density at radius 3 is 3.00 bits per heavy atom. The molecule has 3 heteroatoms. The fourth-order valence-electron chi connectivity index (χ4n) is 0.851. The quantitative estimate of drug-likeness (QED) is 0.516. The van der Waals surface area contributed by atoms with Gasteiger partial charge in [-0.25, -0.2) is 0 Å². The highest BCUT2D eigenvalue weighted by Crippen LogP contribution is 2.21. The summed E-state index contributed by atoms with van der Waals surface area (Å²) in [6.07, 6.45) is 1.14. The number of hydrogen-bond donors (Lipinski definition) is 0. The third-order valence-corrected chi connectivity index (χ3v) is 1.25. The zero-order valence-electron chi connectivity index (χ0n) is 5.92. The molecular formula is C7H10O3. The summed E-state index contributed by atoms with van der Waals surface area (Å²) in [5.41, 5.74) is 0. The van der Waals surface area contributed by atoms with Crippen LogP contribution in [0.25, 0.3) is 0 Å². The zero-order chi connectivity index (χ0) is 7.56. The molecule has 0 saturated carbocycles. The molecule has 0 bridgehead atoms. The van der Waals surface area contributed by atoms with Gasteiger partial charge in [-0.05, 0) is 0 Å². The van der Waals surface area contributed by atoms with Crippen LogP contribution >= 0.6 is 0 Å². The van der Waals surface area contributed by atoms with Gasteiger partial charge in [-0.15, -0.1) is 0 Å². The Labute approximate surface area is 59.6 Å². The van der Waals surface area contributed by atoms with Crippen LogP contribution in [0.3, 0.4) is 0 Å². The van der Waals surface area contributed by atoms with Gasteiger partial charge in [-0.2, -0.15) is 0 Å². The van der Waals surface area contributed by atoms with Crippen LogP contribution in [0.4, 0.5) is 0 Å². The molecule has 1 fully saturated rings. The van der Waals surface area contributed by atoms with Crippen LogP contribution in [0.2, 0.25) is 0 Å². The van der Waals surface area contributed by atoms with Gasteiger partial charge in [-0.3, -0.25) is 4.79 Å². The van der Waals surface area contributed by atoms with Crippen LogP contribution in [0.15, 0.2) is 12.3 Å². The van der Waals surface area contributed by atoms with Crippen LogP contribution in [0, 0.1) is 0 Å². The van der Waals surface area contributed by atoms with Crippen molar-refractivity contribution in [1.29, 1.82) is 0 Å². The summed E-state index contributed by atoms with van der Waals surface area (Å²) in [6, 6.07) is 0. The Morgan fingerprint density at radius 1 is 1.90 bits per heavy atom. The molecule has 1 unspecified atom stereocenters. The molecule has 3 nitrogen and oxygen atoms in total. The number of esters is 1. The van der Waals surface area contributed by atoms with E-state index in [1.54, 1.807) is 0 Å². The molecule has 0 spiro atoms. The summed E-state index contributed by atoms with van der Waals surface area (Å²) in [5.74, 6) is 0.394. The van der Waals surface area contributed by atoms with E-state index >= 15 is 0 Å². The molecule has 0 radical (unpaired) electrons. The van der Waals surface area contributed by atoms with E-state index in [1.807, 2.05) is 0 Å². The highest BCUT2D eigenvalue weighted by atomic mass is 16.7. The summed E-state index contributed by atoms with van der Waals surface area (Å²) in [6.45, 7) is 4.96. The van der Waals surface area contributed by atoms with Crippen LogP contribution < -0.4 is 0 Å². The minimum absolute atomic E-state index is 0.306. The molecular weight excluding hydrogens is 132 g/mol. The molecule has 1 heterocycles. The first-order valence-electron chi connectivity index (χ1n) is 3.20. The van der Waals surface area contributed by atoms with Gasteiger partial charge in [0.1, 0.15) is 0 Å². The molecule has 0 N–H and O–H groups in total. The average Bonchev–Trinajstić information content (AvgIpc) is 2.13. The van der Waals surface area contributed by atoms with Gasteiger partial charge in [0.2, 0.25) is 6.29 Å². The van der Waals surface area contributed by atoms with E-state index < -0.39 is 0 Å². The molecule has 0 aromatic carbocycles. The van der Waals surface area contributed by atoms with Crippen molar-refractivity contribution >= 4 is 5.97 Å². The maximum absolute atomic E-state index is 10.4. The number of ether oxygens (including phenoxy) is 2. The lowest BCUT2D eigenvalue weighted by atomic mass is 10.3. The maximum Gasteiger partial charge on any atom is 0.305 e. The highest BCUT2D eigenvalue weighted by Gasteiger charge is 2.20. The Morgan fingerprint density at radius 2 is 2.60 bits per heavy atom. The molecule has 0 aliphatic carbocycles. The fraction of sp³-hybridized carbons (Fsp3) is 0.571. The molecule has 1 saturated heterocycles. The Hall–Kier alpha value is -0.990. The molecule has 10 heavy (non-hydrogen) atoms. The summed E-state index contributed by atoms with van der Waals surface area (Å²) in [5, 5.41) is 0. The summed E-state index contributed by atoms with van der Waals surface area (Å²) in [7, 11) is 0. The van der Waals surface area contributed by atoms with Crippen molar-refractivity contribution in [1.82, 2.24) is 0 Å². The normalized spacial score (nSPS) is 24.1. The van der Waals surface area contributed by atoms with E-state index in [0.717, 1.165) is 12.8 Å². The summed E-state index contributed by atoms with van der Waals surface area (Å²) in [4.78, 5) is 10.4.